The maximum atomic E-state index is 10.5. The van der Waals surface area contributed by atoms with Crippen LogP contribution < -0.4 is 0 Å². The minimum atomic E-state index is -0.202. The van der Waals surface area contributed by atoms with Crippen LogP contribution in [0.2, 0.25) is 0 Å². The second-order valence-corrected chi connectivity index (χ2v) is 8.77. The minimum Gasteiger partial charge on any atom is -0.393 e. The zero-order valence-electron chi connectivity index (χ0n) is 13.5. The summed E-state index contributed by atoms with van der Waals surface area (Å²) in [6, 6.07) is 0. The van der Waals surface area contributed by atoms with Gasteiger partial charge in [0.25, 0.3) is 0 Å². The highest BCUT2D eigenvalue weighted by molar-refractivity contribution is 5.25. The third kappa shape index (κ3) is 1.84. The average molecular weight is 290 g/mol. The molecule has 4 rings (SSSR count). The molecule has 2 heteroatoms. The Hall–Kier alpha value is -0.340. The van der Waals surface area contributed by atoms with E-state index in [2.05, 4.69) is 19.9 Å². The quantitative estimate of drug-likeness (QED) is 0.668. The van der Waals surface area contributed by atoms with Gasteiger partial charge in [0.1, 0.15) is 0 Å². The van der Waals surface area contributed by atoms with Crippen LogP contribution in [0.3, 0.4) is 0 Å². The van der Waals surface area contributed by atoms with Crippen LogP contribution in [0.15, 0.2) is 11.6 Å². The maximum Gasteiger partial charge on any atom is 0.0724 e. The first-order valence-electron chi connectivity index (χ1n) is 9.02. The highest BCUT2D eigenvalue weighted by Gasteiger charge is 2.58. The predicted molar refractivity (Wildman–Crippen MR) is 83.7 cm³/mol. The highest BCUT2D eigenvalue weighted by atomic mass is 16.3. The van der Waals surface area contributed by atoms with Crippen LogP contribution in [-0.4, -0.2) is 22.4 Å². The van der Waals surface area contributed by atoms with Gasteiger partial charge in [-0.05, 0) is 80.0 Å². The fourth-order valence-electron chi connectivity index (χ4n) is 6.68. The number of allylic oxidation sites excluding steroid dienone is 1. The van der Waals surface area contributed by atoms with Gasteiger partial charge < -0.3 is 10.2 Å². The van der Waals surface area contributed by atoms with E-state index in [1.54, 1.807) is 5.57 Å². The lowest BCUT2D eigenvalue weighted by Gasteiger charge is -2.58. The van der Waals surface area contributed by atoms with Crippen LogP contribution in [0.25, 0.3) is 0 Å². The van der Waals surface area contributed by atoms with Crippen molar-refractivity contribution in [2.24, 2.45) is 28.6 Å². The fraction of sp³-hybridized carbons (Fsp3) is 0.895. The number of aliphatic hydroxyl groups excluding tert-OH is 2. The molecule has 0 unspecified atom stereocenters. The molecule has 118 valence electrons. The van der Waals surface area contributed by atoms with E-state index < -0.39 is 0 Å². The van der Waals surface area contributed by atoms with Gasteiger partial charge in [0.2, 0.25) is 0 Å². The van der Waals surface area contributed by atoms with Gasteiger partial charge in [-0.25, -0.2) is 0 Å². The number of fused-ring (bicyclic) bond motifs is 5. The lowest BCUT2D eigenvalue weighted by Crippen LogP contribution is -2.51. The summed E-state index contributed by atoms with van der Waals surface area (Å²) in [4.78, 5) is 0. The standard InChI is InChI=1S/C19H30O2/c1-18-9-7-13(20)11-12(18)3-4-14-15-5-6-17(21)19(15,2)10-8-16(14)18/h11,13-17,20-21H,3-10H2,1-2H3/t13-,14+,15+,16+,17-,18+,19+/m1/s1. The number of aliphatic hydroxyl groups is 2. The Morgan fingerprint density at radius 1 is 0.952 bits per heavy atom. The van der Waals surface area contributed by atoms with Crippen molar-refractivity contribution < 1.29 is 10.2 Å². The number of hydrogen-bond donors (Lipinski definition) is 2. The minimum absolute atomic E-state index is 0.0682. The van der Waals surface area contributed by atoms with Gasteiger partial charge in [0.15, 0.2) is 0 Å². The smallest absolute Gasteiger partial charge is 0.0724 e. The van der Waals surface area contributed by atoms with Crippen molar-refractivity contribution in [1.29, 1.82) is 0 Å². The van der Waals surface area contributed by atoms with E-state index in [0.717, 1.165) is 37.0 Å². The molecule has 0 amide bonds. The van der Waals surface area contributed by atoms with E-state index >= 15 is 0 Å². The zero-order chi connectivity index (χ0) is 14.8. The molecule has 4 aliphatic rings. The first-order valence-corrected chi connectivity index (χ1v) is 9.02. The SMILES string of the molecule is C[C@]12CC[C@H]3[C@@H](CCC4=C[C@H](O)CC[C@@]43C)[C@@H]1CC[C@H]2O. The summed E-state index contributed by atoms with van der Waals surface area (Å²) in [5.41, 5.74) is 2.06. The van der Waals surface area contributed by atoms with Crippen molar-refractivity contribution in [3.05, 3.63) is 11.6 Å². The normalized spacial score (nSPS) is 56.2. The highest BCUT2D eigenvalue weighted by Crippen LogP contribution is 2.65. The van der Waals surface area contributed by atoms with Gasteiger partial charge in [-0.3, -0.25) is 0 Å². The Kier molecular flexibility index (Phi) is 3.11. The predicted octanol–water partition coefficient (Wildman–Crippen LogP) is 3.67. The van der Waals surface area contributed by atoms with Crippen molar-refractivity contribution in [1.82, 2.24) is 0 Å². The third-order valence-electron chi connectivity index (χ3n) is 8.04. The Morgan fingerprint density at radius 2 is 1.76 bits per heavy atom. The molecule has 0 bridgehead atoms. The van der Waals surface area contributed by atoms with Crippen molar-refractivity contribution >= 4 is 0 Å². The van der Waals surface area contributed by atoms with Gasteiger partial charge >= 0.3 is 0 Å². The summed E-state index contributed by atoms with van der Waals surface area (Å²) in [5, 5.41) is 20.4. The van der Waals surface area contributed by atoms with Crippen LogP contribution in [0.5, 0.6) is 0 Å². The largest absolute Gasteiger partial charge is 0.393 e. The second kappa shape index (κ2) is 4.58. The molecule has 3 saturated carbocycles. The summed E-state index contributed by atoms with van der Waals surface area (Å²) in [7, 11) is 0. The molecule has 0 aliphatic heterocycles. The lowest BCUT2D eigenvalue weighted by atomic mass is 9.47. The maximum absolute atomic E-state index is 10.5. The molecule has 0 aromatic carbocycles. The van der Waals surface area contributed by atoms with Gasteiger partial charge in [0.05, 0.1) is 12.2 Å². The monoisotopic (exact) mass is 290 g/mol. The summed E-state index contributed by atoms with van der Waals surface area (Å²) in [6.45, 7) is 4.82. The van der Waals surface area contributed by atoms with Crippen LogP contribution in [0.4, 0.5) is 0 Å². The average Bonchev–Trinajstić information content (AvgIpc) is 2.76. The first kappa shape index (κ1) is 14.3. The van der Waals surface area contributed by atoms with Crippen molar-refractivity contribution in [3.8, 4) is 0 Å². The van der Waals surface area contributed by atoms with Gasteiger partial charge in [-0.1, -0.05) is 25.5 Å². The molecule has 0 spiro atoms. The van der Waals surface area contributed by atoms with Gasteiger partial charge in [-0.15, -0.1) is 0 Å². The van der Waals surface area contributed by atoms with Crippen molar-refractivity contribution in [2.45, 2.75) is 77.4 Å². The molecule has 0 heterocycles. The Bertz CT molecular complexity index is 470. The summed E-state index contributed by atoms with van der Waals surface area (Å²) >= 11 is 0. The first-order chi connectivity index (χ1) is 9.95. The molecular weight excluding hydrogens is 260 g/mol. The van der Waals surface area contributed by atoms with E-state index in [0.29, 0.717) is 5.41 Å². The van der Waals surface area contributed by atoms with Crippen molar-refractivity contribution in [3.63, 3.8) is 0 Å². The summed E-state index contributed by atoms with van der Waals surface area (Å²) in [5.74, 6) is 2.32. The second-order valence-electron chi connectivity index (χ2n) is 8.77. The van der Waals surface area contributed by atoms with E-state index in [1.165, 1.54) is 32.1 Å². The van der Waals surface area contributed by atoms with Crippen LogP contribution >= 0.6 is 0 Å². The van der Waals surface area contributed by atoms with Crippen LogP contribution in [0.1, 0.15) is 65.2 Å². The zero-order valence-corrected chi connectivity index (χ0v) is 13.5. The van der Waals surface area contributed by atoms with E-state index in [-0.39, 0.29) is 17.6 Å². The molecule has 7 atom stereocenters. The number of hydrogen-bond acceptors (Lipinski definition) is 2. The molecule has 0 aromatic rings. The van der Waals surface area contributed by atoms with Crippen LogP contribution in [-0.2, 0) is 0 Å². The molecule has 2 N–H and O–H groups in total. The Morgan fingerprint density at radius 3 is 2.57 bits per heavy atom. The molecule has 2 nitrogen and oxygen atoms in total. The van der Waals surface area contributed by atoms with Crippen LogP contribution in [0, 0.1) is 28.6 Å². The molecule has 0 aromatic heterocycles. The number of rotatable bonds is 0. The van der Waals surface area contributed by atoms with E-state index in [1.807, 2.05) is 0 Å². The summed E-state index contributed by atoms with van der Waals surface area (Å²) in [6.07, 6.45) is 11.2. The molecule has 0 radical (unpaired) electrons. The fourth-order valence-corrected chi connectivity index (χ4v) is 6.68. The van der Waals surface area contributed by atoms with E-state index in [4.69, 9.17) is 0 Å². The molecule has 3 fully saturated rings. The molecular formula is C19H30O2. The Balaban J connectivity index is 1.67. The van der Waals surface area contributed by atoms with E-state index in [9.17, 15) is 10.2 Å². The topological polar surface area (TPSA) is 40.5 Å². The Labute approximate surface area is 128 Å². The molecule has 0 saturated heterocycles. The third-order valence-corrected chi connectivity index (χ3v) is 8.04. The van der Waals surface area contributed by atoms with Gasteiger partial charge in [0, 0.05) is 0 Å². The van der Waals surface area contributed by atoms with Crippen molar-refractivity contribution in [2.75, 3.05) is 0 Å². The lowest BCUT2D eigenvalue weighted by molar-refractivity contribution is -0.0761. The molecule has 21 heavy (non-hydrogen) atoms. The summed E-state index contributed by atoms with van der Waals surface area (Å²) < 4.78 is 0. The van der Waals surface area contributed by atoms with Gasteiger partial charge in [-0.2, -0.15) is 0 Å². The molecule has 4 aliphatic carbocycles.